The van der Waals surface area contributed by atoms with Gasteiger partial charge in [-0.25, -0.2) is 4.79 Å². The standard InChI is InChI=1S/C18H23NO2S2/c1-18(2)8-7-14-13(9-18)15(17(20)21)16(23-14)12-5-3-11(4-6-12)10-19-22/h3,5-6,11,19,22H,4,7-10H2,1-2H3,(H,20,21). The Balaban J connectivity index is 1.97. The van der Waals surface area contributed by atoms with Gasteiger partial charge in [0.15, 0.2) is 0 Å². The highest BCUT2D eigenvalue weighted by Gasteiger charge is 2.33. The van der Waals surface area contributed by atoms with Crippen LogP contribution in [0.5, 0.6) is 0 Å². The number of thiophene rings is 1. The number of aromatic carboxylic acids is 1. The van der Waals surface area contributed by atoms with Crippen LogP contribution in [0, 0.1) is 11.3 Å². The van der Waals surface area contributed by atoms with Gasteiger partial charge in [-0.2, -0.15) is 0 Å². The van der Waals surface area contributed by atoms with E-state index >= 15 is 0 Å². The monoisotopic (exact) mass is 349 g/mol. The van der Waals surface area contributed by atoms with Crippen molar-refractivity contribution in [1.29, 1.82) is 0 Å². The van der Waals surface area contributed by atoms with E-state index in [1.54, 1.807) is 11.3 Å². The van der Waals surface area contributed by atoms with Gasteiger partial charge in [0, 0.05) is 16.3 Å². The van der Waals surface area contributed by atoms with Gasteiger partial charge in [-0.1, -0.05) is 44.9 Å². The fourth-order valence-corrected chi connectivity index (χ4v) is 5.02. The zero-order valence-corrected chi connectivity index (χ0v) is 15.3. The van der Waals surface area contributed by atoms with Crippen molar-refractivity contribution >= 4 is 35.7 Å². The number of carboxylic acids is 1. The van der Waals surface area contributed by atoms with Crippen molar-refractivity contribution in [3.63, 3.8) is 0 Å². The third kappa shape index (κ3) is 3.42. The third-order valence-electron chi connectivity index (χ3n) is 4.79. The van der Waals surface area contributed by atoms with Crippen LogP contribution in [0.4, 0.5) is 0 Å². The van der Waals surface area contributed by atoms with Crippen LogP contribution < -0.4 is 4.72 Å². The van der Waals surface area contributed by atoms with Crippen molar-refractivity contribution in [2.75, 3.05) is 6.54 Å². The number of carboxylic acid groups (broad SMARTS) is 1. The van der Waals surface area contributed by atoms with Gasteiger partial charge in [0.25, 0.3) is 0 Å². The molecule has 0 aromatic carbocycles. The minimum Gasteiger partial charge on any atom is -0.478 e. The maximum Gasteiger partial charge on any atom is 0.337 e. The van der Waals surface area contributed by atoms with Crippen molar-refractivity contribution in [3.05, 3.63) is 39.1 Å². The molecule has 0 bridgehead atoms. The SMILES string of the molecule is CC1(C)CCc2sc(C3=CCC(CNS)C=C3)c(C(=O)O)c2C1. The Bertz CT molecular complexity index is 685. The van der Waals surface area contributed by atoms with Crippen molar-refractivity contribution in [2.45, 2.75) is 39.5 Å². The molecule has 3 nitrogen and oxygen atoms in total. The number of thiol groups is 1. The molecule has 0 saturated heterocycles. The first-order valence-electron chi connectivity index (χ1n) is 8.05. The normalized spacial score (nSPS) is 22.6. The van der Waals surface area contributed by atoms with E-state index in [9.17, 15) is 9.90 Å². The smallest absolute Gasteiger partial charge is 0.337 e. The Kier molecular flexibility index (Phi) is 4.72. The molecule has 5 heteroatoms. The summed E-state index contributed by atoms with van der Waals surface area (Å²) < 4.78 is 2.89. The molecule has 1 aromatic rings. The summed E-state index contributed by atoms with van der Waals surface area (Å²) in [5.74, 6) is -0.360. The average molecular weight is 350 g/mol. The van der Waals surface area contributed by atoms with Gasteiger partial charge in [-0.3, -0.25) is 4.72 Å². The zero-order valence-electron chi connectivity index (χ0n) is 13.6. The van der Waals surface area contributed by atoms with Crippen molar-refractivity contribution in [1.82, 2.24) is 4.72 Å². The molecule has 0 fully saturated rings. The second-order valence-electron chi connectivity index (χ2n) is 7.23. The largest absolute Gasteiger partial charge is 0.478 e. The van der Waals surface area contributed by atoms with Crippen molar-refractivity contribution < 1.29 is 9.90 Å². The van der Waals surface area contributed by atoms with Crippen LogP contribution in [-0.2, 0) is 12.8 Å². The average Bonchev–Trinajstić information content (AvgIpc) is 2.85. The van der Waals surface area contributed by atoms with Crippen LogP contribution in [0.3, 0.4) is 0 Å². The van der Waals surface area contributed by atoms with Gasteiger partial charge >= 0.3 is 5.97 Å². The van der Waals surface area contributed by atoms with Crippen molar-refractivity contribution in [3.8, 4) is 0 Å². The second-order valence-corrected chi connectivity index (χ2v) is 8.65. The number of hydrogen-bond acceptors (Lipinski definition) is 4. The Labute approximate surface area is 147 Å². The van der Waals surface area contributed by atoms with Gasteiger partial charge in [-0.15, -0.1) is 11.3 Å². The molecule has 1 heterocycles. The van der Waals surface area contributed by atoms with Crippen molar-refractivity contribution in [2.24, 2.45) is 11.3 Å². The molecule has 124 valence electrons. The fourth-order valence-electron chi connectivity index (χ4n) is 3.45. The Hall–Kier alpha value is -1.04. The lowest BCUT2D eigenvalue weighted by atomic mass is 9.75. The summed E-state index contributed by atoms with van der Waals surface area (Å²) in [6, 6.07) is 0. The maximum atomic E-state index is 11.9. The lowest BCUT2D eigenvalue weighted by Gasteiger charge is -2.29. The summed E-state index contributed by atoms with van der Waals surface area (Å²) in [6.07, 6.45) is 10.3. The quantitative estimate of drug-likeness (QED) is 0.708. The zero-order chi connectivity index (χ0) is 16.6. The molecular formula is C18H23NO2S2. The van der Waals surface area contributed by atoms with E-state index < -0.39 is 5.97 Å². The molecule has 3 rings (SSSR count). The topological polar surface area (TPSA) is 49.3 Å². The highest BCUT2D eigenvalue weighted by Crippen LogP contribution is 2.44. The summed E-state index contributed by atoms with van der Waals surface area (Å²) in [7, 11) is 0. The van der Waals surface area contributed by atoms with Crippen LogP contribution in [0.2, 0.25) is 0 Å². The molecule has 1 unspecified atom stereocenters. The van der Waals surface area contributed by atoms with Crippen LogP contribution in [0.15, 0.2) is 18.2 Å². The summed E-state index contributed by atoms with van der Waals surface area (Å²) in [4.78, 5) is 14.1. The molecule has 0 spiro atoms. The van der Waals surface area contributed by atoms with E-state index in [-0.39, 0.29) is 5.41 Å². The fraction of sp³-hybridized carbons (Fsp3) is 0.500. The number of allylic oxidation sites excluding steroid dienone is 3. The van der Waals surface area contributed by atoms with Gasteiger partial charge < -0.3 is 5.11 Å². The maximum absolute atomic E-state index is 11.9. The third-order valence-corrected chi connectivity index (χ3v) is 6.32. The molecule has 1 atom stereocenters. The molecule has 1 aromatic heterocycles. The number of nitrogens with one attached hydrogen (secondary N) is 1. The number of carbonyl (C=O) groups is 1. The van der Waals surface area contributed by atoms with Gasteiger partial charge in [0.2, 0.25) is 0 Å². The van der Waals surface area contributed by atoms with E-state index in [0.717, 1.165) is 48.2 Å². The van der Waals surface area contributed by atoms with E-state index in [1.807, 2.05) is 0 Å². The minimum absolute atomic E-state index is 0.190. The summed E-state index contributed by atoms with van der Waals surface area (Å²) >= 11 is 5.73. The second kappa shape index (κ2) is 6.46. The number of fused-ring (bicyclic) bond motifs is 1. The Morgan fingerprint density at radius 2 is 2.30 bits per heavy atom. The molecule has 2 N–H and O–H groups in total. The van der Waals surface area contributed by atoms with E-state index in [1.165, 1.54) is 4.88 Å². The van der Waals surface area contributed by atoms with Gasteiger partial charge in [0.05, 0.1) is 5.56 Å². The van der Waals surface area contributed by atoms with E-state index in [0.29, 0.717) is 11.5 Å². The van der Waals surface area contributed by atoms with Crippen LogP contribution >= 0.6 is 24.2 Å². The Morgan fingerprint density at radius 3 is 2.91 bits per heavy atom. The van der Waals surface area contributed by atoms with Gasteiger partial charge in [-0.05, 0) is 48.2 Å². The minimum atomic E-state index is -0.788. The number of hydrogen-bond donors (Lipinski definition) is 3. The molecule has 0 radical (unpaired) electrons. The molecule has 0 amide bonds. The number of aryl methyl sites for hydroxylation is 1. The van der Waals surface area contributed by atoms with Crippen LogP contribution in [-0.4, -0.2) is 17.6 Å². The summed E-state index contributed by atoms with van der Waals surface area (Å²) in [5, 5.41) is 9.78. The van der Waals surface area contributed by atoms with E-state index in [2.05, 4.69) is 49.6 Å². The first-order valence-corrected chi connectivity index (χ1v) is 9.31. The van der Waals surface area contributed by atoms with Gasteiger partial charge in [0.1, 0.15) is 0 Å². The molecular weight excluding hydrogens is 326 g/mol. The Morgan fingerprint density at radius 1 is 1.52 bits per heavy atom. The predicted molar refractivity (Wildman–Crippen MR) is 99.3 cm³/mol. The molecule has 0 saturated carbocycles. The first-order chi connectivity index (χ1) is 10.9. The lowest BCUT2D eigenvalue weighted by molar-refractivity contribution is 0.0695. The highest BCUT2D eigenvalue weighted by atomic mass is 32.1. The summed E-state index contributed by atoms with van der Waals surface area (Å²) in [6.45, 7) is 5.28. The van der Waals surface area contributed by atoms with Crippen LogP contribution in [0.1, 0.15) is 52.4 Å². The predicted octanol–water partition coefficient (Wildman–Crippen LogP) is 4.36. The molecule has 2 aliphatic carbocycles. The first kappa shape index (κ1) is 16.8. The highest BCUT2D eigenvalue weighted by molar-refractivity contribution is 7.78. The van der Waals surface area contributed by atoms with Crippen LogP contribution in [0.25, 0.3) is 5.57 Å². The lowest BCUT2D eigenvalue weighted by Crippen LogP contribution is -2.22. The summed E-state index contributed by atoms with van der Waals surface area (Å²) in [5.41, 5.74) is 2.87. The molecule has 0 aliphatic heterocycles. The number of rotatable bonds is 4. The molecule has 23 heavy (non-hydrogen) atoms. The molecule has 2 aliphatic rings. The van der Waals surface area contributed by atoms with E-state index in [4.69, 9.17) is 0 Å².